The second kappa shape index (κ2) is 6.04. The lowest BCUT2D eigenvalue weighted by atomic mass is 9.83. The van der Waals surface area contributed by atoms with Gasteiger partial charge in [0.2, 0.25) is 0 Å². The van der Waals surface area contributed by atoms with Gasteiger partial charge in [-0.3, -0.25) is 0 Å². The minimum absolute atomic E-state index is 0.0656. The number of aromatic nitrogens is 1. The van der Waals surface area contributed by atoms with E-state index in [0.29, 0.717) is 22.3 Å². The van der Waals surface area contributed by atoms with E-state index in [2.05, 4.69) is 10.4 Å². The van der Waals surface area contributed by atoms with Gasteiger partial charge in [-0.05, 0) is 32.4 Å². The normalized spacial score (nSPS) is 18.8. The van der Waals surface area contributed by atoms with Crippen molar-refractivity contribution in [3.05, 3.63) is 53.2 Å². The van der Waals surface area contributed by atoms with Crippen LogP contribution in [0, 0.1) is 18.6 Å². The molecule has 1 aliphatic heterocycles. The first-order valence-electron chi connectivity index (χ1n) is 9.01. The number of aryl methyl sites for hydroxylation is 1. The van der Waals surface area contributed by atoms with Crippen LogP contribution in [0.2, 0.25) is 0 Å². The maximum Gasteiger partial charge on any atom is 0.139 e. The van der Waals surface area contributed by atoms with E-state index in [1.807, 2.05) is 33.0 Å². The van der Waals surface area contributed by atoms with Crippen LogP contribution < -0.4 is 10.4 Å². The van der Waals surface area contributed by atoms with Crippen molar-refractivity contribution in [1.29, 1.82) is 0 Å². The van der Waals surface area contributed by atoms with Gasteiger partial charge in [0, 0.05) is 36.2 Å². The molecule has 0 unspecified atom stereocenters. The van der Waals surface area contributed by atoms with E-state index in [1.54, 1.807) is 24.2 Å². The highest BCUT2D eigenvalue weighted by molar-refractivity contribution is 5.96. The number of para-hydroxylation sites is 1. The molecule has 1 aromatic heterocycles. The topological polar surface area (TPSA) is 51.3 Å². The molecule has 0 radical (unpaired) electrons. The highest BCUT2D eigenvalue weighted by Gasteiger charge is 2.42. The summed E-state index contributed by atoms with van der Waals surface area (Å²) in [5, 5.41) is 13.1. The van der Waals surface area contributed by atoms with E-state index < -0.39 is 23.3 Å². The Hall–Kier alpha value is -2.44. The largest absolute Gasteiger partial charge is 0.390 e. The average Bonchev–Trinajstić information content (AvgIpc) is 2.99. The number of hydrogen-bond acceptors (Lipinski definition) is 3. The monoisotopic (exact) mass is 371 g/mol. The van der Waals surface area contributed by atoms with E-state index in [1.165, 1.54) is 6.07 Å². The van der Waals surface area contributed by atoms with Gasteiger partial charge < -0.3 is 15.1 Å². The van der Waals surface area contributed by atoms with Gasteiger partial charge in [0.1, 0.15) is 11.6 Å². The van der Waals surface area contributed by atoms with Gasteiger partial charge in [0.05, 0.1) is 28.4 Å². The molecule has 2 heterocycles. The van der Waals surface area contributed by atoms with Crippen molar-refractivity contribution in [2.24, 2.45) is 0 Å². The van der Waals surface area contributed by atoms with Crippen LogP contribution in [0.15, 0.2) is 30.5 Å². The number of hydrazine groups is 1. The van der Waals surface area contributed by atoms with Gasteiger partial charge in [0.25, 0.3) is 0 Å². The summed E-state index contributed by atoms with van der Waals surface area (Å²) in [6, 6.07) is 6.79. The molecule has 4 nitrogen and oxygen atoms in total. The zero-order valence-electron chi connectivity index (χ0n) is 15.8. The summed E-state index contributed by atoms with van der Waals surface area (Å²) < 4.78 is 30.7. The van der Waals surface area contributed by atoms with Gasteiger partial charge in [-0.25, -0.2) is 14.2 Å². The smallest absolute Gasteiger partial charge is 0.139 e. The summed E-state index contributed by atoms with van der Waals surface area (Å²) in [5.74, 6) is -1.25. The summed E-state index contributed by atoms with van der Waals surface area (Å²) in [5.41, 5.74) is 5.13. The van der Waals surface area contributed by atoms with Gasteiger partial charge in [-0.1, -0.05) is 18.2 Å². The zero-order valence-corrected chi connectivity index (χ0v) is 15.8. The lowest BCUT2D eigenvalue weighted by molar-refractivity contribution is 0.0848. The summed E-state index contributed by atoms with van der Waals surface area (Å²) in [7, 11) is 1.68. The van der Waals surface area contributed by atoms with Crippen molar-refractivity contribution in [2.75, 3.05) is 12.1 Å². The van der Waals surface area contributed by atoms with Crippen LogP contribution in [0.25, 0.3) is 22.0 Å². The van der Waals surface area contributed by atoms with Crippen molar-refractivity contribution in [2.45, 2.75) is 38.8 Å². The molecule has 6 heteroatoms. The second-order valence-corrected chi connectivity index (χ2v) is 7.68. The Kier molecular flexibility index (Phi) is 4.01. The number of H-pyrrole nitrogens is 1. The van der Waals surface area contributed by atoms with Crippen LogP contribution in [0.5, 0.6) is 0 Å². The summed E-state index contributed by atoms with van der Waals surface area (Å²) >= 11 is 0. The number of anilines is 1. The number of aliphatic hydroxyl groups excluding tert-OH is 1. The molecule has 0 saturated heterocycles. The van der Waals surface area contributed by atoms with Crippen LogP contribution in [-0.2, 0) is 6.42 Å². The Morgan fingerprint density at radius 1 is 1.30 bits per heavy atom. The molecule has 0 fully saturated rings. The summed E-state index contributed by atoms with van der Waals surface area (Å²) in [4.78, 5) is 3.13. The molecule has 27 heavy (non-hydrogen) atoms. The van der Waals surface area contributed by atoms with Crippen molar-refractivity contribution in [1.82, 2.24) is 10.4 Å². The van der Waals surface area contributed by atoms with E-state index in [0.717, 1.165) is 10.9 Å². The molecular weight excluding hydrogens is 348 g/mol. The number of hydrogen-bond donors (Lipinski definition) is 3. The van der Waals surface area contributed by atoms with E-state index in [-0.39, 0.29) is 12.0 Å². The van der Waals surface area contributed by atoms with Crippen LogP contribution in [0.3, 0.4) is 0 Å². The van der Waals surface area contributed by atoms with E-state index >= 15 is 8.78 Å². The van der Waals surface area contributed by atoms with Crippen LogP contribution in [0.4, 0.5) is 14.5 Å². The Bertz CT molecular complexity index is 1040. The average molecular weight is 371 g/mol. The molecule has 1 aliphatic rings. The van der Waals surface area contributed by atoms with Crippen LogP contribution >= 0.6 is 0 Å². The first kappa shape index (κ1) is 17.9. The minimum atomic E-state index is -0.797. The molecule has 0 spiro atoms. The Morgan fingerprint density at radius 2 is 2.04 bits per heavy atom. The summed E-state index contributed by atoms with van der Waals surface area (Å²) in [6.45, 7) is 5.62. The molecule has 3 N–H and O–H groups in total. The molecule has 0 aliphatic carbocycles. The molecule has 0 bridgehead atoms. The van der Waals surface area contributed by atoms with Crippen molar-refractivity contribution in [3.63, 3.8) is 0 Å². The van der Waals surface area contributed by atoms with E-state index in [4.69, 9.17) is 0 Å². The lowest BCUT2D eigenvalue weighted by Crippen LogP contribution is -2.61. The second-order valence-electron chi connectivity index (χ2n) is 7.68. The molecule has 4 rings (SSSR count). The lowest BCUT2D eigenvalue weighted by Gasteiger charge is -2.47. The molecule has 0 saturated carbocycles. The Morgan fingerprint density at radius 3 is 2.74 bits per heavy atom. The Labute approximate surface area is 156 Å². The highest BCUT2D eigenvalue weighted by atomic mass is 19.1. The fourth-order valence-corrected chi connectivity index (χ4v) is 4.10. The molecular formula is C21H23F2N3O. The fourth-order valence-electron chi connectivity index (χ4n) is 4.10. The maximum absolute atomic E-state index is 15.6. The van der Waals surface area contributed by atoms with Gasteiger partial charge >= 0.3 is 0 Å². The Balaban J connectivity index is 1.99. The molecule has 1 atom stereocenters. The van der Waals surface area contributed by atoms with Crippen molar-refractivity contribution < 1.29 is 13.9 Å². The van der Waals surface area contributed by atoms with Crippen molar-refractivity contribution in [3.8, 4) is 11.1 Å². The minimum Gasteiger partial charge on any atom is -0.390 e. The number of aromatic amines is 1. The highest BCUT2D eigenvalue weighted by Crippen LogP contribution is 2.42. The third-order valence-corrected chi connectivity index (χ3v) is 5.74. The predicted molar refractivity (Wildman–Crippen MR) is 104 cm³/mol. The van der Waals surface area contributed by atoms with Gasteiger partial charge in [-0.2, -0.15) is 0 Å². The van der Waals surface area contributed by atoms with Gasteiger partial charge in [-0.15, -0.1) is 0 Å². The number of halogens is 2. The third kappa shape index (κ3) is 2.47. The van der Waals surface area contributed by atoms with Gasteiger partial charge in [0.15, 0.2) is 0 Å². The molecule has 3 aromatic rings. The maximum atomic E-state index is 15.6. The number of fused-ring (bicyclic) bond motifs is 2. The zero-order chi connectivity index (χ0) is 19.5. The number of nitrogens with zero attached hydrogens (tertiary/aromatic N) is 1. The first-order chi connectivity index (χ1) is 12.8. The van der Waals surface area contributed by atoms with Crippen molar-refractivity contribution >= 4 is 16.6 Å². The molecule has 0 amide bonds. The number of rotatable bonds is 2. The fraction of sp³-hybridized carbons (Fsp3) is 0.333. The molecule has 2 aromatic carbocycles. The van der Waals surface area contributed by atoms with Crippen LogP contribution in [-0.4, -0.2) is 28.8 Å². The standard InChI is InChI=1S/C21H23F2N3O/c1-11-10-25-20-12(11)6-5-7-13(20)18-15(22)9-16-14(19(18)23)8-17(27)21(2,3)26(16)24-4/h5-7,9-10,17,24-25,27H,8H2,1-4H3/t17-/m0/s1. The number of nitrogens with one attached hydrogen (secondary N) is 2. The van der Waals surface area contributed by atoms with E-state index in [9.17, 15) is 5.11 Å². The van der Waals surface area contributed by atoms with Crippen LogP contribution in [0.1, 0.15) is 25.0 Å². The number of aliphatic hydroxyl groups is 1. The molecule has 142 valence electrons. The number of benzene rings is 2. The first-order valence-corrected chi connectivity index (χ1v) is 9.01. The quantitative estimate of drug-likeness (QED) is 0.637. The third-order valence-electron chi connectivity index (χ3n) is 5.74. The SMILES string of the molecule is CNN1c2cc(F)c(-c3cccc4c(C)c[nH]c34)c(F)c2C[C@H](O)C1(C)C. The summed E-state index contributed by atoms with van der Waals surface area (Å²) in [6.07, 6.45) is 1.16. The predicted octanol–water partition coefficient (Wildman–Crippen LogP) is 4.06.